The molecule has 1 aromatic carbocycles. The number of nitro groups is 1. The molecule has 1 aromatic heterocycles. The quantitative estimate of drug-likeness (QED) is 0.542. The first-order valence-electron chi connectivity index (χ1n) is 7.72. The number of primary amides is 1. The Morgan fingerprint density at radius 1 is 1.31 bits per heavy atom. The summed E-state index contributed by atoms with van der Waals surface area (Å²) in [6.07, 6.45) is 0.724. The van der Waals surface area contributed by atoms with Crippen LogP contribution in [-0.2, 0) is 12.2 Å². The summed E-state index contributed by atoms with van der Waals surface area (Å²) in [5.74, 6) is 1.07. The Labute approximate surface area is 157 Å². The number of anilines is 2. The molecule has 0 radical (unpaired) electrons. The molecule has 2 aromatic rings. The number of urea groups is 1. The van der Waals surface area contributed by atoms with E-state index in [4.69, 9.17) is 5.73 Å². The number of nitrogens with two attached hydrogens (primary N) is 1. The van der Waals surface area contributed by atoms with Crippen LogP contribution in [0, 0.1) is 17.0 Å². The van der Waals surface area contributed by atoms with Gasteiger partial charge in [0.2, 0.25) is 0 Å². The van der Waals surface area contributed by atoms with E-state index in [9.17, 15) is 19.7 Å². The smallest absolute Gasteiger partial charge is 0.324 e. The molecule has 10 heteroatoms. The number of fused-ring (bicyclic) bond motifs is 1. The molecule has 0 fully saturated rings. The van der Waals surface area contributed by atoms with Crippen LogP contribution in [0.4, 0.5) is 21.2 Å². The van der Waals surface area contributed by atoms with Crippen LogP contribution >= 0.6 is 23.1 Å². The molecule has 2 heterocycles. The number of nitrogens with one attached hydrogen (secondary N) is 2. The summed E-state index contributed by atoms with van der Waals surface area (Å²) in [7, 11) is 0. The Bertz CT molecular complexity index is 910. The van der Waals surface area contributed by atoms with E-state index >= 15 is 0 Å². The minimum atomic E-state index is -0.661. The van der Waals surface area contributed by atoms with Gasteiger partial charge in [0.25, 0.3) is 11.6 Å². The lowest BCUT2D eigenvalue weighted by Gasteiger charge is -2.11. The minimum Gasteiger partial charge on any atom is -0.365 e. The maximum absolute atomic E-state index is 12.3. The number of thioether (sulfide) groups is 1. The summed E-state index contributed by atoms with van der Waals surface area (Å²) in [4.78, 5) is 35.8. The highest BCUT2D eigenvalue weighted by molar-refractivity contribution is 7.98. The van der Waals surface area contributed by atoms with Gasteiger partial charge in [-0.05, 0) is 36.3 Å². The first-order chi connectivity index (χ1) is 12.4. The average molecular weight is 392 g/mol. The van der Waals surface area contributed by atoms with Crippen molar-refractivity contribution in [3.8, 4) is 0 Å². The van der Waals surface area contributed by atoms with Crippen molar-refractivity contribution in [2.75, 3.05) is 16.4 Å². The van der Waals surface area contributed by atoms with Crippen molar-refractivity contribution in [3.05, 3.63) is 49.9 Å². The van der Waals surface area contributed by atoms with E-state index in [0.717, 1.165) is 28.4 Å². The summed E-state index contributed by atoms with van der Waals surface area (Å²) in [6, 6.07) is 3.85. The number of rotatable bonds is 4. The number of nitro benzene ring substituents is 1. The summed E-state index contributed by atoms with van der Waals surface area (Å²) in [6.45, 7) is 1.73. The van der Waals surface area contributed by atoms with E-state index < -0.39 is 16.9 Å². The molecule has 1 aliphatic heterocycles. The van der Waals surface area contributed by atoms with Crippen LogP contribution in [0.1, 0.15) is 26.4 Å². The molecule has 8 nitrogen and oxygen atoms in total. The van der Waals surface area contributed by atoms with Gasteiger partial charge < -0.3 is 11.1 Å². The number of hydrogen-bond acceptors (Lipinski definition) is 6. The SMILES string of the molecule is Cc1ccc(NC(=O)Nc2sc3c(c2C(N)=O)CCSC3)c([N+](=O)[O-])c1. The van der Waals surface area contributed by atoms with Gasteiger partial charge in [-0.15, -0.1) is 11.3 Å². The number of aryl methyl sites for hydroxylation is 1. The molecule has 136 valence electrons. The standard InChI is InChI=1S/C16H16N4O4S2/c1-8-2-3-10(11(6-8)20(23)24)18-16(22)19-15-13(14(17)21)9-4-5-25-7-12(9)26-15/h2-3,6H,4-5,7H2,1H3,(H2,17,21)(H2,18,19,22). The zero-order valence-electron chi connectivity index (χ0n) is 13.8. The number of hydrogen-bond donors (Lipinski definition) is 3. The fourth-order valence-electron chi connectivity index (χ4n) is 2.74. The Hall–Kier alpha value is -2.59. The lowest BCUT2D eigenvalue weighted by Crippen LogP contribution is -2.22. The molecule has 26 heavy (non-hydrogen) atoms. The Morgan fingerprint density at radius 2 is 2.08 bits per heavy atom. The van der Waals surface area contributed by atoms with Crippen molar-refractivity contribution in [2.24, 2.45) is 5.73 Å². The molecule has 4 N–H and O–H groups in total. The Kier molecular flexibility index (Phi) is 5.14. The van der Waals surface area contributed by atoms with Crippen molar-refractivity contribution in [3.63, 3.8) is 0 Å². The van der Waals surface area contributed by atoms with E-state index in [1.165, 1.54) is 23.5 Å². The molecule has 0 spiro atoms. The normalized spacial score (nSPS) is 13.0. The maximum Gasteiger partial charge on any atom is 0.324 e. The van der Waals surface area contributed by atoms with Gasteiger partial charge >= 0.3 is 6.03 Å². The zero-order chi connectivity index (χ0) is 18.8. The maximum atomic E-state index is 12.3. The van der Waals surface area contributed by atoms with E-state index in [0.29, 0.717) is 16.1 Å². The number of amides is 3. The molecule has 0 saturated carbocycles. The van der Waals surface area contributed by atoms with Crippen LogP contribution in [0.3, 0.4) is 0 Å². The third-order valence-corrected chi connectivity index (χ3v) is 6.21. The number of carbonyl (C=O) groups is 2. The third-order valence-electron chi connectivity index (χ3n) is 3.89. The van der Waals surface area contributed by atoms with Crippen LogP contribution in [0.25, 0.3) is 0 Å². The van der Waals surface area contributed by atoms with Gasteiger partial charge in [-0.1, -0.05) is 6.07 Å². The average Bonchev–Trinajstić information content (AvgIpc) is 2.94. The first kappa shape index (κ1) is 18.2. The monoisotopic (exact) mass is 392 g/mol. The van der Waals surface area contributed by atoms with Gasteiger partial charge in [0.05, 0.1) is 10.5 Å². The predicted molar refractivity (Wildman–Crippen MR) is 103 cm³/mol. The van der Waals surface area contributed by atoms with Crippen molar-refractivity contribution in [1.29, 1.82) is 0 Å². The summed E-state index contributed by atoms with van der Waals surface area (Å²) in [5.41, 5.74) is 7.30. The molecular weight excluding hydrogens is 376 g/mol. The van der Waals surface area contributed by atoms with Crippen molar-refractivity contribution < 1.29 is 14.5 Å². The summed E-state index contributed by atoms with van der Waals surface area (Å²) < 4.78 is 0. The van der Waals surface area contributed by atoms with E-state index in [2.05, 4.69) is 10.6 Å². The number of benzene rings is 1. The topological polar surface area (TPSA) is 127 Å². The van der Waals surface area contributed by atoms with Gasteiger partial charge in [0.1, 0.15) is 10.7 Å². The van der Waals surface area contributed by atoms with Crippen LogP contribution < -0.4 is 16.4 Å². The molecule has 3 amide bonds. The second-order valence-corrected chi connectivity index (χ2v) is 7.94. The highest BCUT2D eigenvalue weighted by Gasteiger charge is 2.25. The molecule has 0 saturated heterocycles. The molecular formula is C16H16N4O4S2. The third kappa shape index (κ3) is 3.65. The van der Waals surface area contributed by atoms with Crippen molar-refractivity contribution >= 4 is 51.4 Å². The molecule has 1 aliphatic rings. The minimum absolute atomic E-state index is 0.0793. The van der Waals surface area contributed by atoms with E-state index in [1.807, 2.05) is 0 Å². The van der Waals surface area contributed by atoms with Gasteiger partial charge in [-0.25, -0.2) is 4.79 Å². The fourth-order valence-corrected chi connectivity index (χ4v) is 5.12. The molecule has 0 unspecified atom stereocenters. The lowest BCUT2D eigenvalue weighted by atomic mass is 10.1. The zero-order valence-corrected chi connectivity index (χ0v) is 15.5. The van der Waals surface area contributed by atoms with Crippen LogP contribution in [-0.4, -0.2) is 22.6 Å². The first-order valence-corrected chi connectivity index (χ1v) is 9.69. The predicted octanol–water partition coefficient (Wildman–Crippen LogP) is 3.50. The summed E-state index contributed by atoms with van der Waals surface area (Å²) >= 11 is 3.07. The number of thiophene rings is 1. The van der Waals surface area contributed by atoms with Crippen LogP contribution in [0.15, 0.2) is 18.2 Å². The molecule has 0 atom stereocenters. The van der Waals surface area contributed by atoms with E-state index in [-0.39, 0.29) is 11.4 Å². The van der Waals surface area contributed by atoms with Crippen molar-refractivity contribution in [1.82, 2.24) is 0 Å². The van der Waals surface area contributed by atoms with Crippen LogP contribution in [0.5, 0.6) is 0 Å². The molecule has 0 bridgehead atoms. The van der Waals surface area contributed by atoms with Crippen LogP contribution in [0.2, 0.25) is 0 Å². The van der Waals surface area contributed by atoms with Gasteiger partial charge in [-0.2, -0.15) is 11.8 Å². The lowest BCUT2D eigenvalue weighted by molar-refractivity contribution is -0.384. The highest BCUT2D eigenvalue weighted by Crippen LogP contribution is 2.39. The molecule has 0 aliphatic carbocycles. The highest BCUT2D eigenvalue weighted by atomic mass is 32.2. The largest absolute Gasteiger partial charge is 0.365 e. The number of nitrogens with zero attached hydrogens (tertiary/aromatic N) is 1. The second kappa shape index (κ2) is 7.34. The molecule has 3 rings (SSSR count). The van der Waals surface area contributed by atoms with Gasteiger partial charge in [-0.3, -0.25) is 20.2 Å². The number of carbonyl (C=O) groups excluding carboxylic acids is 2. The Balaban J connectivity index is 1.84. The van der Waals surface area contributed by atoms with Gasteiger partial charge in [0, 0.05) is 16.7 Å². The van der Waals surface area contributed by atoms with Crippen molar-refractivity contribution in [2.45, 2.75) is 19.1 Å². The fraction of sp³-hybridized carbons (Fsp3) is 0.250. The second-order valence-electron chi connectivity index (χ2n) is 5.73. The Morgan fingerprint density at radius 3 is 2.77 bits per heavy atom. The summed E-state index contributed by atoms with van der Waals surface area (Å²) in [5, 5.41) is 16.6. The van der Waals surface area contributed by atoms with E-state index in [1.54, 1.807) is 24.8 Å². The van der Waals surface area contributed by atoms with Gasteiger partial charge in [0.15, 0.2) is 0 Å².